The molecule has 20 heavy (non-hydrogen) atoms. The first kappa shape index (κ1) is 12.5. The van der Waals surface area contributed by atoms with Gasteiger partial charge in [-0.05, 0) is 29.8 Å². The summed E-state index contributed by atoms with van der Waals surface area (Å²) >= 11 is 0. The zero-order valence-corrected chi connectivity index (χ0v) is 11.1. The van der Waals surface area contributed by atoms with E-state index in [0.29, 0.717) is 5.82 Å². The Balaban J connectivity index is 1.90. The first-order chi connectivity index (χ1) is 9.74. The molecule has 0 amide bonds. The van der Waals surface area contributed by atoms with Gasteiger partial charge in [0.25, 0.3) is 0 Å². The zero-order chi connectivity index (χ0) is 13.9. The Labute approximate surface area is 117 Å². The van der Waals surface area contributed by atoms with Crippen molar-refractivity contribution >= 4 is 0 Å². The van der Waals surface area contributed by atoms with Gasteiger partial charge in [0, 0.05) is 11.6 Å². The Bertz CT molecular complexity index is 686. The van der Waals surface area contributed by atoms with E-state index in [4.69, 9.17) is 5.73 Å². The van der Waals surface area contributed by atoms with Crippen molar-refractivity contribution in [3.05, 3.63) is 60.2 Å². The molecule has 0 saturated heterocycles. The van der Waals surface area contributed by atoms with Crippen molar-refractivity contribution in [2.45, 2.75) is 13.0 Å². The monoisotopic (exact) mass is 265 g/mol. The molecule has 1 heterocycles. The van der Waals surface area contributed by atoms with Crippen LogP contribution in [0.5, 0.6) is 0 Å². The summed E-state index contributed by atoms with van der Waals surface area (Å²) in [6, 6.07) is 17.6. The zero-order valence-electron chi connectivity index (χ0n) is 11.1. The molecule has 3 aromatic rings. The average Bonchev–Trinajstić information content (AvgIpc) is 2.98. The fraction of sp³-hybridized carbons (Fsp3) is 0.133. The van der Waals surface area contributed by atoms with Gasteiger partial charge in [0.2, 0.25) is 5.82 Å². The van der Waals surface area contributed by atoms with Crippen LogP contribution in [0.15, 0.2) is 54.6 Å². The largest absolute Gasteiger partial charge is 0.324 e. The van der Waals surface area contributed by atoms with E-state index < -0.39 is 0 Å². The summed E-state index contributed by atoms with van der Waals surface area (Å²) in [5.74, 6) is 0.613. The lowest BCUT2D eigenvalue weighted by Crippen LogP contribution is -2.05. The van der Waals surface area contributed by atoms with E-state index in [9.17, 15) is 0 Å². The molecule has 1 aromatic heterocycles. The highest BCUT2D eigenvalue weighted by Crippen LogP contribution is 2.15. The fourth-order valence-corrected chi connectivity index (χ4v) is 1.94. The molecule has 0 saturated carbocycles. The van der Waals surface area contributed by atoms with E-state index in [1.807, 2.05) is 61.5 Å². The first-order valence-electron chi connectivity index (χ1n) is 6.45. The SMILES string of the molecule is C[C@@H](N)c1ccc(-n2nnc(-c3ccccc3)n2)cc1. The predicted molar refractivity (Wildman–Crippen MR) is 77.2 cm³/mol. The second-order valence-corrected chi connectivity index (χ2v) is 4.65. The smallest absolute Gasteiger partial charge is 0.205 e. The number of hydrogen-bond acceptors (Lipinski definition) is 4. The van der Waals surface area contributed by atoms with Gasteiger partial charge in [-0.25, -0.2) is 0 Å². The van der Waals surface area contributed by atoms with E-state index in [2.05, 4.69) is 15.4 Å². The molecule has 0 unspecified atom stereocenters. The number of nitrogens with zero attached hydrogens (tertiary/aromatic N) is 4. The molecule has 5 nitrogen and oxygen atoms in total. The second kappa shape index (κ2) is 5.22. The van der Waals surface area contributed by atoms with Crippen LogP contribution in [0.2, 0.25) is 0 Å². The van der Waals surface area contributed by atoms with E-state index in [1.165, 1.54) is 4.80 Å². The summed E-state index contributed by atoms with van der Waals surface area (Å²) in [5, 5.41) is 12.5. The lowest BCUT2D eigenvalue weighted by atomic mass is 10.1. The van der Waals surface area contributed by atoms with Crippen molar-refractivity contribution in [1.82, 2.24) is 20.2 Å². The molecule has 0 radical (unpaired) electrons. The van der Waals surface area contributed by atoms with E-state index in [-0.39, 0.29) is 6.04 Å². The summed E-state index contributed by atoms with van der Waals surface area (Å²) in [6.45, 7) is 1.95. The molecule has 0 aliphatic heterocycles. The third kappa shape index (κ3) is 2.44. The first-order valence-corrected chi connectivity index (χ1v) is 6.45. The molecule has 0 aliphatic rings. The third-order valence-corrected chi connectivity index (χ3v) is 3.10. The Morgan fingerprint density at radius 3 is 2.35 bits per heavy atom. The molecular weight excluding hydrogens is 250 g/mol. The van der Waals surface area contributed by atoms with Gasteiger partial charge in [0.1, 0.15) is 0 Å². The van der Waals surface area contributed by atoms with Crippen LogP contribution in [0.1, 0.15) is 18.5 Å². The predicted octanol–water partition coefficient (Wildman–Crippen LogP) is 2.35. The highest BCUT2D eigenvalue weighted by atomic mass is 15.6. The van der Waals surface area contributed by atoms with Crippen LogP contribution < -0.4 is 5.73 Å². The van der Waals surface area contributed by atoms with Gasteiger partial charge < -0.3 is 5.73 Å². The molecule has 5 heteroatoms. The molecule has 3 rings (SSSR count). The number of benzene rings is 2. The maximum absolute atomic E-state index is 5.83. The average molecular weight is 265 g/mol. The van der Waals surface area contributed by atoms with Crippen molar-refractivity contribution in [2.75, 3.05) is 0 Å². The second-order valence-electron chi connectivity index (χ2n) is 4.65. The molecule has 0 spiro atoms. The lowest BCUT2D eigenvalue weighted by molar-refractivity contribution is 0.718. The minimum Gasteiger partial charge on any atom is -0.324 e. The molecule has 2 aromatic carbocycles. The standard InChI is InChI=1S/C15H15N5/c1-11(16)12-7-9-14(10-8-12)20-18-15(17-19-20)13-5-3-2-4-6-13/h2-11H,16H2,1H3/t11-/m1/s1. The van der Waals surface area contributed by atoms with Crippen LogP contribution >= 0.6 is 0 Å². The van der Waals surface area contributed by atoms with Crippen LogP contribution in [0.25, 0.3) is 17.1 Å². The van der Waals surface area contributed by atoms with Crippen molar-refractivity contribution in [3.8, 4) is 17.1 Å². The Morgan fingerprint density at radius 2 is 1.70 bits per heavy atom. The van der Waals surface area contributed by atoms with Gasteiger partial charge in [-0.2, -0.15) is 0 Å². The maximum Gasteiger partial charge on any atom is 0.205 e. The molecule has 1 atom stereocenters. The number of nitrogens with two attached hydrogens (primary N) is 1. The van der Waals surface area contributed by atoms with E-state index in [0.717, 1.165) is 16.8 Å². The Hall–Kier alpha value is -2.53. The van der Waals surface area contributed by atoms with Gasteiger partial charge >= 0.3 is 0 Å². The quantitative estimate of drug-likeness (QED) is 0.789. The van der Waals surface area contributed by atoms with Crippen molar-refractivity contribution in [1.29, 1.82) is 0 Å². The van der Waals surface area contributed by atoms with Gasteiger partial charge in [-0.3, -0.25) is 0 Å². The van der Waals surface area contributed by atoms with E-state index >= 15 is 0 Å². The summed E-state index contributed by atoms with van der Waals surface area (Å²) < 4.78 is 0. The summed E-state index contributed by atoms with van der Waals surface area (Å²) in [7, 11) is 0. The molecule has 0 bridgehead atoms. The normalized spacial score (nSPS) is 12.3. The van der Waals surface area contributed by atoms with Crippen LogP contribution in [0, 0.1) is 0 Å². The number of rotatable bonds is 3. The lowest BCUT2D eigenvalue weighted by Gasteiger charge is -2.05. The van der Waals surface area contributed by atoms with Gasteiger partial charge in [0.15, 0.2) is 0 Å². The molecule has 0 fully saturated rings. The maximum atomic E-state index is 5.83. The molecular formula is C15H15N5. The molecule has 2 N–H and O–H groups in total. The van der Waals surface area contributed by atoms with Crippen LogP contribution in [-0.2, 0) is 0 Å². The molecule has 100 valence electrons. The van der Waals surface area contributed by atoms with Gasteiger partial charge in [-0.1, -0.05) is 42.5 Å². The number of aromatic nitrogens is 4. The Kier molecular flexibility index (Phi) is 3.26. The van der Waals surface area contributed by atoms with Gasteiger partial charge in [0.05, 0.1) is 5.69 Å². The van der Waals surface area contributed by atoms with Crippen LogP contribution in [0.4, 0.5) is 0 Å². The minimum absolute atomic E-state index is 0.0210. The molecule has 0 aliphatic carbocycles. The Morgan fingerprint density at radius 1 is 1.00 bits per heavy atom. The van der Waals surface area contributed by atoms with Crippen molar-refractivity contribution < 1.29 is 0 Å². The van der Waals surface area contributed by atoms with Crippen LogP contribution in [0.3, 0.4) is 0 Å². The van der Waals surface area contributed by atoms with E-state index in [1.54, 1.807) is 0 Å². The topological polar surface area (TPSA) is 69.6 Å². The summed E-state index contributed by atoms with van der Waals surface area (Å²) in [5.41, 5.74) is 8.73. The van der Waals surface area contributed by atoms with Crippen LogP contribution in [-0.4, -0.2) is 20.2 Å². The number of hydrogen-bond donors (Lipinski definition) is 1. The van der Waals surface area contributed by atoms with Crippen molar-refractivity contribution in [2.24, 2.45) is 5.73 Å². The van der Waals surface area contributed by atoms with Crippen molar-refractivity contribution in [3.63, 3.8) is 0 Å². The fourth-order valence-electron chi connectivity index (χ4n) is 1.94. The summed E-state index contributed by atoms with van der Waals surface area (Å²) in [6.07, 6.45) is 0. The van der Waals surface area contributed by atoms with Gasteiger partial charge in [-0.15, -0.1) is 15.0 Å². The highest BCUT2D eigenvalue weighted by molar-refractivity contribution is 5.53. The highest BCUT2D eigenvalue weighted by Gasteiger charge is 2.07. The number of tetrazole rings is 1. The minimum atomic E-state index is 0.0210. The third-order valence-electron chi connectivity index (χ3n) is 3.10. The summed E-state index contributed by atoms with van der Waals surface area (Å²) in [4.78, 5) is 1.52.